The lowest BCUT2D eigenvalue weighted by molar-refractivity contribution is 0.0675. The zero-order valence-electron chi connectivity index (χ0n) is 11.6. The third-order valence-electron chi connectivity index (χ3n) is 3.39. The second kappa shape index (κ2) is 8.20. The molecule has 19 heavy (non-hydrogen) atoms. The lowest BCUT2D eigenvalue weighted by Gasteiger charge is -2.21. The molecule has 1 fully saturated rings. The number of ether oxygens (including phenoxy) is 1. The van der Waals surface area contributed by atoms with E-state index in [9.17, 15) is 0 Å². The Bertz CT molecular complexity index is 372. The summed E-state index contributed by atoms with van der Waals surface area (Å²) in [5.74, 6) is 0.530. The molecule has 1 aliphatic heterocycles. The molecule has 1 aromatic heterocycles. The first-order valence-electron chi connectivity index (χ1n) is 7.11. The van der Waals surface area contributed by atoms with Gasteiger partial charge in [-0.3, -0.25) is 0 Å². The summed E-state index contributed by atoms with van der Waals surface area (Å²) in [6, 6.07) is 0. The quantitative estimate of drug-likeness (QED) is 0.595. The van der Waals surface area contributed by atoms with Crippen molar-refractivity contribution in [2.45, 2.75) is 44.6 Å². The molecule has 5 heteroatoms. The van der Waals surface area contributed by atoms with Crippen LogP contribution in [0.25, 0.3) is 0 Å². The van der Waals surface area contributed by atoms with E-state index in [1.54, 1.807) is 11.3 Å². The van der Waals surface area contributed by atoms with E-state index < -0.39 is 0 Å². The molecule has 1 aromatic rings. The highest BCUT2D eigenvalue weighted by Crippen LogP contribution is 2.14. The van der Waals surface area contributed by atoms with Crippen molar-refractivity contribution >= 4 is 22.9 Å². The summed E-state index contributed by atoms with van der Waals surface area (Å²) in [7, 11) is 0. The SMILES string of the molecule is CC1CN(CCCCc2nc(CCl)cs2)CCCO1. The first-order valence-corrected chi connectivity index (χ1v) is 8.52. The molecule has 1 atom stereocenters. The molecule has 0 bridgehead atoms. The maximum atomic E-state index is 5.76. The molecule has 1 saturated heterocycles. The highest BCUT2D eigenvalue weighted by atomic mass is 35.5. The van der Waals surface area contributed by atoms with Crippen LogP contribution in [-0.4, -0.2) is 42.2 Å². The summed E-state index contributed by atoms with van der Waals surface area (Å²) in [6.07, 6.45) is 5.08. The highest BCUT2D eigenvalue weighted by molar-refractivity contribution is 7.09. The van der Waals surface area contributed by atoms with Crippen LogP contribution in [0.4, 0.5) is 0 Å². The molecular formula is C14H23ClN2OS. The first-order chi connectivity index (χ1) is 9.28. The summed E-state index contributed by atoms with van der Waals surface area (Å²) in [6.45, 7) is 6.52. The Morgan fingerprint density at radius 3 is 3.21 bits per heavy atom. The Morgan fingerprint density at radius 1 is 1.53 bits per heavy atom. The maximum Gasteiger partial charge on any atom is 0.0928 e. The van der Waals surface area contributed by atoms with Gasteiger partial charge in [0.15, 0.2) is 0 Å². The van der Waals surface area contributed by atoms with Crippen molar-refractivity contribution in [3.8, 4) is 0 Å². The van der Waals surface area contributed by atoms with Crippen molar-refractivity contribution in [1.82, 2.24) is 9.88 Å². The third-order valence-corrected chi connectivity index (χ3v) is 4.62. The van der Waals surface area contributed by atoms with Crippen LogP contribution in [0, 0.1) is 0 Å². The molecule has 0 saturated carbocycles. The number of hydrogen-bond donors (Lipinski definition) is 0. The number of unbranched alkanes of at least 4 members (excludes halogenated alkanes) is 1. The van der Waals surface area contributed by atoms with E-state index in [2.05, 4.69) is 22.2 Å². The van der Waals surface area contributed by atoms with Crippen LogP contribution < -0.4 is 0 Å². The lowest BCUT2D eigenvalue weighted by Crippen LogP contribution is -2.31. The van der Waals surface area contributed by atoms with Gasteiger partial charge in [-0.25, -0.2) is 4.98 Å². The van der Waals surface area contributed by atoms with Gasteiger partial charge in [0.1, 0.15) is 0 Å². The van der Waals surface area contributed by atoms with Crippen molar-refractivity contribution in [1.29, 1.82) is 0 Å². The van der Waals surface area contributed by atoms with E-state index in [0.717, 1.165) is 31.7 Å². The molecule has 108 valence electrons. The summed E-state index contributed by atoms with van der Waals surface area (Å²) in [4.78, 5) is 7.02. The molecule has 1 unspecified atom stereocenters. The average molecular weight is 303 g/mol. The van der Waals surface area contributed by atoms with Gasteiger partial charge >= 0.3 is 0 Å². The van der Waals surface area contributed by atoms with Crippen LogP contribution in [0.2, 0.25) is 0 Å². The zero-order chi connectivity index (χ0) is 13.5. The minimum Gasteiger partial charge on any atom is -0.377 e. The number of rotatable bonds is 6. The van der Waals surface area contributed by atoms with Gasteiger partial charge in [0.2, 0.25) is 0 Å². The molecule has 2 heterocycles. The largest absolute Gasteiger partial charge is 0.377 e. The molecule has 0 amide bonds. The number of aryl methyl sites for hydroxylation is 1. The molecule has 3 nitrogen and oxygen atoms in total. The normalized spacial score (nSPS) is 21.5. The number of aromatic nitrogens is 1. The summed E-state index contributed by atoms with van der Waals surface area (Å²) < 4.78 is 5.66. The van der Waals surface area contributed by atoms with E-state index in [1.165, 1.54) is 30.9 Å². The van der Waals surface area contributed by atoms with Gasteiger partial charge in [0.05, 0.1) is 22.7 Å². The van der Waals surface area contributed by atoms with Crippen molar-refractivity contribution in [3.05, 3.63) is 16.1 Å². The first kappa shape index (κ1) is 15.2. The molecule has 1 aliphatic rings. The molecule has 0 aromatic carbocycles. The van der Waals surface area contributed by atoms with Gasteiger partial charge in [-0.1, -0.05) is 0 Å². The van der Waals surface area contributed by atoms with Gasteiger partial charge in [-0.15, -0.1) is 22.9 Å². The maximum absolute atomic E-state index is 5.76. The average Bonchev–Trinajstić information content (AvgIpc) is 2.77. The standard InChI is InChI=1S/C14H23ClN2OS/c1-12-10-17(7-4-8-18-12)6-3-2-5-14-16-13(9-15)11-19-14/h11-12H,2-10H2,1H3. The third kappa shape index (κ3) is 5.38. The van der Waals surface area contributed by atoms with Crippen LogP contribution in [0.1, 0.15) is 36.9 Å². The van der Waals surface area contributed by atoms with Crippen LogP contribution in [-0.2, 0) is 17.0 Å². The lowest BCUT2D eigenvalue weighted by atomic mass is 10.2. The molecular weight excluding hydrogens is 280 g/mol. The fraction of sp³-hybridized carbons (Fsp3) is 0.786. The number of thiazole rings is 1. The van der Waals surface area contributed by atoms with Crippen LogP contribution in [0.15, 0.2) is 5.38 Å². The number of hydrogen-bond acceptors (Lipinski definition) is 4. The van der Waals surface area contributed by atoms with Crippen molar-refractivity contribution < 1.29 is 4.74 Å². The second-order valence-corrected chi connectivity index (χ2v) is 6.37. The minimum atomic E-state index is 0.382. The smallest absolute Gasteiger partial charge is 0.0928 e. The van der Waals surface area contributed by atoms with Crippen LogP contribution >= 0.6 is 22.9 Å². The Morgan fingerprint density at radius 2 is 2.42 bits per heavy atom. The highest BCUT2D eigenvalue weighted by Gasteiger charge is 2.14. The van der Waals surface area contributed by atoms with E-state index >= 15 is 0 Å². The van der Waals surface area contributed by atoms with Crippen molar-refractivity contribution in [3.63, 3.8) is 0 Å². The predicted octanol–water partition coefficient (Wildman–Crippen LogP) is 3.32. The Balaban J connectivity index is 1.63. The van der Waals surface area contributed by atoms with Crippen LogP contribution in [0.5, 0.6) is 0 Å². The Kier molecular flexibility index (Phi) is 6.57. The molecule has 0 N–H and O–H groups in total. The number of alkyl halides is 1. The van der Waals surface area contributed by atoms with Crippen LogP contribution in [0.3, 0.4) is 0 Å². The fourth-order valence-corrected chi connectivity index (χ4v) is 3.49. The molecule has 0 spiro atoms. The van der Waals surface area contributed by atoms with Gasteiger partial charge in [0, 0.05) is 25.1 Å². The van der Waals surface area contributed by atoms with E-state index in [-0.39, 0.29) is 0 Å². The monoisotopic (exact) mass is 302 g/mol. The van der Waals surface area contributed by atoms with Gasteiger partial charge < -0.3 is 9.64 Å². The number of nitrogens with zero attached hydrogens (tertiary/aromatic N) is 2. The summed E-state index contributed by atoms with van der Waals surface area (Å²) in [5, 5.41) is 3.29. The van der Waals surface area contributed by atoms with E-state index in [0.29, 0.717) is 12.0 Å². The van der Waals surface area contributed by atoms with Gasteiger partial charge in [0.25, 0.3) is 0 Å². The minimum absolute atomic E-state index is 0.382. The van der Waals surface area contributed by atoms with Gasteiger partial charge in [-0.05, 0) is 39.2 Å². The second-order valence-electron chi connectivity index (χ2n) is 5.16. The van der Waals surface area contributed by atoms with E-state index in [1.807, 2.05) is 0 Å². The molecule has 0 radical (unpaired) electrons. The summed E-state index contributed by atoms with van der Waals surface area (Å²) >= 11 is 7.49. The van der Waals surface area contributed by atoms with E-state index in [4.69, 9.17) is 16.3 Å². The topological polar surface area (TPSA) is 25.4 Å². The summed E-state index contributed by atoms with van der Waals surface area (Å²) in [5.41, 5.74) is 1.01. The Labute approximate surface area is 124 Å². The van der Waals surface area contributed by atoms with Crippen molar-refractivity contribution in [2.75, 3.05) is 26.2 Å². The fourth-order valence-electron chi connectivity index (χ4n) is 2.42. The molecule has 2 rings (SSSR count). The predicted molar refractivity (Wildman–Crippen MR) is 81.1 cm³/mol. The Hall–Kier alpha value is -0.160. The van der Waals surface area contributed by atoms with Gasteiger partial charge in [-0.2, -0.15) is 0 Å². The molecule has 0 aliphatic carbocycles. The zero-order valence-corrected chi connectivity index (χ0v) is 13.2. The van der Waals surface area contributed by atoms with Crippen molar-refractivity contribution in [2.24, 2.45) is 0 Å². The number of halogens is 1.